The van der Waals surface area contributed by atoms with Crippen LogP contribution in [-0.2, 0) is 16.0 Å². The Balaban J connectivity index is 1.48. The van der Waals surface area contributed by atoms with Gasteiger partial charge in [-0.05, 0) is 51.2 Å². The molecule has 0 radical (unpaired) electrons. The van der Waals surface area contributed by atoms with Gasteiger partial charge in [-0.25, -0.2) is 4.68 Å². The van der Waals surface area contributed by atoms with Crippen LogP contribution < -0.4 is 5.32 Å². The molecule has 0 aliphatic heterocycles. The molecule has 1 aromatic carbocycles. The van der Waals surface area contributed by atoms with Gasteiger partial charge in [0.25, 0.3) is 0 Å². The van der Waals surface area contributed by atoms with Crippen LogP contribution in [0.3, 0.4) is 0 Å². The molecular weight excluding hydrogens is 314 g/mol. The van der Waals surface area contributed by atoms with Crippen LogP contribution in [0.1, 0.15) is 36.2 Å². The lowest BCUT2D eigenvalue weighted by Crippen LogP contribution is -2.27. The maximum atomic E-state index is 12.2. The van der Waals surface area contributed by atoms with Crippen molar-refractivity contribution in [2.45, 2.75) is 39.5 Å². The number of rotatable bonds is 9. The maximum Gasteiger partial charge on any atom is 0.224 e. The van der Waals surface area contributed by atoms with Gasteiger partial charge in [0.05, 0.1) is 17.8 Å². The van der Waals surface area contributed by atoms with Gasteiger partial charge in [0.1, 0.15) is 0 Å². The quantitative estimate of drug-likeness (QED) is 0.714. The van der Waals surface area contributed by atoms with E-state index in [0.717, 1.165) is 48.2 Å². The predicted molar refractivity (Wildman–Crippen MR) is 97.9 cm³/mol. The number of aryl methyl sites for hydroxylation is 1. The van der Waals surface area contributed by atoms with E-state index < -0.39 is 0 Å². The van der Waals surface area contributed by atoms with Crippen LogP contribution in [-0.4, -0.2) is 35.4 Å². The summed E-state index contributed by atoms with van der Waals surface area (Å²) in [4.78, 5) is 12.2. The lowest BCUT2D eigenvalue weighted by Gasteiger charge is -2.07. The summed E-state index contributed by atoms with van der Waals surface area (Å²) in [5.74, 6) is 0.836. The van der Waals surface area contributed by atoms with Crippen molar-refractivity contribution in [2.75, 3.05) is 19.8 Å². The zero-order valence-electron chi connectivity index (χ0n) is 15.1. The zero-order chi connectivity index (χ0) is 17.6. The Bertz CT molecular complexity index is 705. The SMILES string of the molecule is Cc1nn(-c2ccccc2)c(C)c1CC(=O)NCCCOCC1CC1. The van der Waals surface area contributed by atoms with Crippen molar-refractivity contribution in [3.63, 3.8) is 0 Å². The first kappa shape index (κ1) is 17.7. The number of hydrogen-bond acceptors (Lipinski definition) is 3. The summed E-state index contributed by atoms with van der Waals surface area (Å²) in [6.07, 6.45) is 3.85. The van der Waals surface area contributed by atoms with Gasteiger partial charge >= 0.3 is 0 Å². The Morgan fingerprint density at radius 2 is 2.04 bits per heavy atom. The standard InChI is InChI=1S/C20H27N3O2/c1-15-19(16(2)23(22-15)18-7-4-3-5-8-18)13-20(24)21-11-6-12-25-14-17-9-10-17/h3-5,7-8,17H,6,9-14H2,1-2H3,(H,21,24). The average molecular weight is 341 g/mol. The second kappa shape index (κ2) is 8.30. The highest BCUT2D eigenvalue weighted by atomic mass is 16.5. The summed E-state index contributed by atoms with van der Waals surface area (Å²) in [5.41, 5.74) is 3.95. The van der Waals surface area contributed by atoms with Crippen molar-refractivity contribution >= 4 is 5.91 Å². The number of nitrogens with zero attached hydrogens (tertiary/aromatic N) is 2. The Morgan fingerprint density at radius 1 is 1.28 bits per heavy atom. The number of para-hydroxylation sites is 1. The van der Waals surface area contributed by atoms with E-state index in [1.165, 1.54) is 12.8 Å². The van der Waals surface area contributed by atoms with E-state index in [-0.39, 0.29) is 5.91 Å². The Hall–Kier alpha value is -2.14. The molecule has 1 aliphatic rings. The minimum absolute atomic E-state index is 0.0426. The fourth-order valence-corrected chi connectivity index (χ4v) is 2.91. The van der Waals surface area contributed by atoms with E-state index in [9.17, 15) is 4.79 Å². The van der Waals surface area contributed by atoms with Gasteiger partial charge in [-0.2, -0.15) is 5.10 Å². The molecule has 1 heterocycles. The average Bonchev–Trinajstić information content (AvgIpc) is 3.40. The van der Waals surface area contributed by atoms with Crippen molar-refractivity contribution in [3.05, 3.63) is 47.3 Å². The van der Waals surface area contributed by atoms with Crippen molar-refractivity contribution in [1.82, 2.24) is 15.1 Å². The normalized spacial score (nSPS) is 13.8. The number of hydrogen-bond donors (Lipinski definition) is 1. The number of aromatic nitrogens is 2. The molecule has 1 aromatic heterocycles. The number of carbonyl (C=O) groups is 1. The topological polar surface area (TPSA) is 56.2 Å². The fraction of sp³-hybridized carbons (Fsp3) is 0.500. The highest BCUT2D eigenvalue weighted by Crippen LogP contribution is 2.28. The molecule has 1 saturated carbocycles. The summed E-state index contributed by atoms with van der Waals surface area (Å²) >= 11 is 0. The number of nitrogens with one attached hydrogen (secondary N) is 1. The summed E-state index contributed by atoms with van der Waals surface area (Å²) in [6, 6.07) is 10.0. The molecule has 0 spiro atoms. The highest BCUT2D eigenvalue weighted by Gasteiger charge is 2.20. The molecule has 25 heavy (non-hydrogen) atoms. The summed E-state index contributed by atoms with van der Waals surface area (Å²) < 4.78 is 7.49. The van der Waals surface area contributed by atoms with E-state index in [2.05, 4.69) is 10.4 Å². The van der Waals surface area contributed by atoms with Crippen molar-refractivity contribution in [1.29, 1.82) is 0 Å². The molecule has 0 unspecified atom stereocenters. The summed E-state index contributed by atoms with van der Waals surface area (Å²) in [5, 5.41) is 7.58. The molecule has 134 valence electrons. The van der Waals surface area contributed by atoms with Gasteiger partial charge in [-0.15, -0.1) is 0 Å². The third kappa shape index (κ3) is 4.92. The molecule has 1 aliphatic carbocycles. The van der Waals surface area contributed by atoms with Gasteiger partial charge in [-0.1, -0.05) is 18.2 Å². The van der Waals surface area contributed by atoms with E-state index in [1.807, 2.05) is 48.9 Å². The van der Waals surface area contributed by atoms with E-state index in [1.54, 1.807) is 0 Å². The molecule has 3 rings (SSSR count). The third-order valence-electron chi connectivity index (χ3n) is 4.62. The Kier molecular flexibility index (Phi) is 5.87. The number of ether oxygens (including phenoxy) is 1. The van der Waals surface area contributed by atoms with E-state index >= 15 is 0 Å². The first-order chi connectivity index (χ1) is 12.1. The zero-order valence-corrected chi connectivity index (χ0v) is 15.1. The van der Waals surface area contributed by atoms with E-state index in [4.69, 9.17) is 4.74 Å². The Morgan fingerprint density at radius 3 is 2.76 bits per heavy atom. The minimum Gasteiger partial charge on any atom is -0.381 e. The van der Waals surface area contributed by atoms with Gasteiger partial charge in [-0.3, -0.25) is 4.79 Å². The number of amides is 1. The van der Waals surface area contributed by atoms with Crippen LogP contribution in [0.2, 0.25) is 0 Å². The minimum atomic E-state index is 0.0426. The molecule has 0 saturated heterocycles. The van der Waals surface area contributed by atoms with Crippen LogP contribution in [0, 0.1) is 19.8 Å². The molecule has 0 atom stereocenters. The molecule has 1 N–H and O–H groups in total. The largest absolute Gasteiger partial charge is 0.381 e. The second-order valence-corrected chi connectivity index (χ2v) is 6.80. The molecule has 5 heteroatoms. The van der Waals surface area contributed by atoms with Crippen LogP contribution in [0.15, 0.2) is 30.3 Å². The molecule has 1 fully saturated rings. The summed E-state index contributed by atoms with van der Waals surface area (Å²) in [7, 11) is 0. The van der Waals surface area contributed by atoms with Crippen molar-refractivity contribution in [3.8, 4) is 5.69 Å². The van der Waals surface area contributed by atoms with Gasteiger partial charge < -0.3 is 10.1 Å². The fourth-order valence-electron chi connectivity index (χ4n) is 2.91. The number of benzene rings is 1. The molecular formula is C20H27N3O2. The molecule has 2 aromatic rings. The third-order valence-corrected chi connectivity index (χ3v) is 4.62. The number of carbonyl (C=O) groups excluding carboxylic acids is 1. The van der Waals surface area contributed by atoms with Crippen LogP contribution in [0.4, 0.5) is 0 Å². The lowest BCUT2D eigenvalue weighted by atomic mass is 10.1. The van der Waals surface area contributed by atoms with Crippen LogP contribution >= 0.6 is 0 Å². The van der Waals surface area contributed by atoms with Crippen molar-refractivity contribution < 1.29 is 9.53 Å². The molecule has 1 amide bonds. The van der Waals surface area contributed by atoms with Crippen LogP contribution in [0.25, 0.3) is 5.69 Å². The Labute approximate surface area is 149 Å². The predicted octanol–water partition coefficient (Wildman–Crippen LogP) is 2.96. The summed E-state index contributed by atoms with van der Waals surface area (Å²) in [6.45, 7) is 6.24. The highest BCUT2D eigenvalue weighted by molar-refractivity contribution is 5.79. The first-order valence-electron chi connectivity index (χ1n) is 9.10. The maximum absolute atomic E-state index is 12.2. The van der Waals surface area contributed by atoms with E-state index in [0.29, 0.717) is 13.0 Å². The van der Waals surface area contributed by atoms with Gasteiger partial charge in [0.15, 0.2) is 0 Å². The first-order valence-corrected chi connectivity index (χ1v) is 9.10. The molecule has 0 bridgehead atoms. The lowest BCUT2D eigenvalue weighted by molar-refractivity contribution is -0.120. The second-order valence-electron chi connectivity index (χ2n) is 6.80. The van der Waals surface area contributed by atoms with Gasteiger partial charge in [0, 0.05) is 31.0 Å². The smallest absolute Gasteiger partial charge is 0.224 e. The molecule has 5 nitrogen and oxygen atoms in total. The van der Waals surface area contributed by atoms with Crippen LogP contribution in [0.5, 0.6) is 0 Å². The van der Waals surface area contributed by atoms with Gasteiger partial charge in [0.2, 0.25) is 5.91 Å². The van der Waals surface area contributed by atoms with Crippen molar-refractivity contribution in [2.24, 2.45) is 5.92 Å². The monoisotopic (exact) mass is 341 g/mol.